The van der Waals surface area contributed by atoms with Gasteiger partial charge in [-0.15, -0.1) is 23.7 Å². The van der Waals surface area contributed by atoms with Crippen LogP contribution in [0.25, 0.3) is 0 Å². The molecule has 1 amide bonds. The van der Waals surface area contributed by atoms with Crippen molar-refractivity contribution in [2.24, 2.45) is 5.73 Å². The molecule has 1 aromatic carbocycles. The van der Waals surface area contributed by atoms with Crippen LogP contribution in [0, 0.1) is 0 Å². The number of ether oxygens (including phenoxy) is 1. The van der Waals surface area contributed by atoms with Crippen LogP contribution in [-0.4, -0.2) is 29.9 Å². The Balaban J connectivity index is 0.00000220. The minimum Gasteiger partial charge on any atom is -0.497 e. The summed E-state index contributed by atoms with van der Waals surface area (Å²) in [5.74, 6) is 0.672. The Bertz CT molecular complexity index is 603. The Hall–Kier alpha value is -1.63. The number of rotatable bonds is 5. The van der Waals surface area contributed by atoms with Crippen molar-refractivity contribution in [3.63, 3.8) is 0 Å². The van der Waals surface area contributed by atoms with E-state index in [1.54, 1.807) is 24.4 Å². The highest BCUT2D eigenvalue weighted by molar-refractivity contribution is 7.09. The first-order chi connectivity index (χ1) is 9.63. The van der Waals surface area contributed by atoms with E-state index in [1.807, 2.05) is 24.3 Å². The predicted octanol–water partition coefficient (Wildman–Crippen LogP) is 2.30. The van der Waals surface area contributed by atoms with Gasteiger partial charge in [-0.1, -0.05) is 12.1 Å². The first kappa shape index (κ1) is 17.4. The summed E-state index contributed by atoms with van der Waals surface area (Å²) >= 11 is 1.40. The van der Waals surface area contributed by atoms with E-state index >= 15 is 0 Å². The van der Waals surface area contributed by atoms with Crippen LogP contribution >= 0.6 is 23.7 Å². The van der Waals surface area contributed by atoms with Crippen molar-refractivity contribution in [3.05, 3.63) is 45.9 Å². The molecule has 2 aromatic rings. The number of benzene rings is 1. The first-order valence-electron chi connectivity index (χ1n) is 6.17. The van der Waals surface area contributed by atoms with Gasteiger partial charge in [0.25, 0.3) is 5.91 Å². The number of nitrogens with zero attached hydrogens (tertiary/aromatic N) is 2. The Morgan fingerprint density at radius 2 is 2.24 bits per heavy atom. The number of hydrogen-bond acceptors (Lipinski definition) is 5. The normalized spacial score (nSPS) is 9.86. The second-order valence-corrected chi connectivity index (χ2v) is 5.29. The molecule has 0 aliphatic heterocycles. The summed E-state index contributed by atoms with van der Waals surface area (Å²) in [6, 6.07) is 7.65. The third-order valence-corrected chi connectivity index (χ3v) is 3.72. The van der Waals surface area contributed by atoms with E-state index in [4.69, 9.17) is 10.5 Å². The van der Waals surface area contributed by atoms with Crippen LogP contribution in [-0.2, 0) is 13.1 Å². The third kappa shape index (κ3) is 4.42. The molecule has 7 heteroatoms. The van der Waals surface area contributed by atoms with Crippen molar-refractivity contribution in [1.82, 2.24) is 9.88 Å². The van der Waals surface area contributed by atoms with E-state index in [1.165, 1.54) is 11.3 Å². The molecular formula is C14H18ClN3O2S. The van der Waals surface area contributed by atoms with Crippen LogP contribution in [0.3, 0.4) is 0 Å². The molecule has 5 nitrogen and oxygen atoms in total. The summed E-state index contributed by atoms with van der Waals surface area (Å²) in [6.45, 7) is 0.864. The van der Waals surface area contributed by atoms with Gasteiger partial charge in [-0.25, -0.2) is 4.98 Å². The molecule has 0 aliphatic carbocycles. The number of carbonyl (C=O) groups excluding carboxylic acids is 1. The van der Waals surface area contributed by atoms with E-state index in [0.717, 1.165) is 16.3 Å². The molecule has 2 rings (SSSR count). The Labute approximate surface area is 134 Å². The average Bonchev–Trinajstić information content (AvgIpc) is 2.95. The first-order valence-corrected chi connectivity index (χ1v) is 7.05. The summed E-state index contributed by atoms with van der Waals surface area (Å²) in [4.78, 5) is 18.1. The number of hydrogen-bond donors (Lipinski definition) is 1. The highest BCUT2D eigenvalue weighted by Gasteiger charge is 2.15. The number of amides is 1. The van der Waals surface area contributed by atoms with Gasteiger partial charge in [-0.2, -0.15) is 0 Å². The van der Waals surface area contributed by atoms with Crippen molar-refractivity contribution in [2.45, 2.75) is 13.1 Å². The fourth-order valence-corrected chi connectivity index (χ4v) is 2.46. The lowest BCUT2D eigenvalue weighted by Gasteiger charge is -2.16. The summed E-state index contributed by atoms with van der Waals surface area (Å²) in [5.41, 5.74) is 6.96. The number of halogens is 1. The number of aromatic nitrogens is 1. The fraction of sp³-hybridized carbons (Fsp3) is 0.286. The molecule has 1 aromatic heterocycles. The van der Waals surface area contributed by atoms with Crippen molar-refractivity contribution >= 4 is 29.7 Å². The molecule has 1 heterocycles. The molecule has 21 heavy (non-hydrogen) atoms. The smallest absolute Gasteiger partial charge is 0.273 e. The van der Waals surface area contributed by atoms with Crippen molar-refractivity contribution in [2.75, 3.05) is 14.2 Å². The topological polar surface area (TPSA) is 68.5 Å². The molecule has 0 fully saturated rings. The van der Waals surface area contributed by atoms with Crippen molar-refractivity contribution < 1.29 is 9.53 Å². The zero-order valence-corrected chi connectivity index (χ0v) is 13.5. The van der Waals surface area contributed by atoms with Gasteiger partial charge in [-0.3, -0.25) is 4.79 Å². The molecule has 0 radical (unpaired) electrons. The lowest BCUT2D eigenvalue weighted by atomic mass is 10.2. The van der Waals surface area contributed by atoms with E-state index in [2.05, 4.69) is 4.98 Å². The largest absolute Gasteiger partial charge is 0.497 e. The summed E-state index contributed by atoms with van der Waals surface area (Å²) in [5, 5.41) is 2.51. The highest BCUT2D eigenvalue weighted by Crippen LogP contribution is 2.16. The van der Waals surface area contributed by atoms with Crippen molar-refractivity contribution in [3.8, 4) is 5.75 Å². The molecule has 2 N–H and O–H groups in total. The minimum atomic E-state index is -0.108. The molecular weight excluding hydrogens is 310 g/mol. The third-order valence-electron chi connectivity index (χ3n) is 2.85. The molecule has 0 unspecified atom stereocenters. The molecule has 0 saturated carbocycles. The second kappa shape index (κ2) is 7.97. The minimum absolute atomic E-state index is 0. The maximum Gasteiger partial charge on any atom is 0.273 e. The van der Waals surface area contributed by atoms with Gasteiger partial charge >= 0.3 is 0 Å². The van der Waals surface area contributed by atoms with Gasteiger partial charge in [0.05, 0.1) is 7.11 Å². The maximum absolute atomic E-state index is 12.2. The SMILES string of the molecule is COc1cccc(CN(C)C(=O)c2csc(CN)n2)c1.Cl. The number of nitrogens with two attached hydrogens (primary N) is 1. The zero-order chi connectivity index (χ0) is 14.5. The molecule has 0 atom stereocenters. The van der Waals surface area contributed by atoms with Gasteiger partial charge in [0.2, 0.25) is 0 Å². The zero-order valence-electron chi connectivity index (χ0n) is 11.9. The van der Waals surface area contributed by atoms with Gasteiger partial charge < -0.3 is 15.4 Å². The Morgan fingerprint density at radius 3 is 2.86 bits per heavy atom. The molecule has 0 saturated heterocycles. The van der Waals surface area contributed by atoms with Gasteiger partial charge in [0, 0.05) is 25.5 Å². The highest BCUT2D eigenvalue weighted by atomic mass is 35.5. The summed E-state index contributed by atoms with van der Waals surface area (Å²) < 4.78 is 5.17. The Kier molecular flexibility index (Phi) is 6.61. The van der Waals surface area contributed by atoms with E-state index in [0.29, 0.717) is 18.8 Å². The van der Waals surface area contributed by atoms with Crippen LogP contribution in [0.4, 0.5) is 0 Å². The molecule has 0 bridgehead atoms. The Morgan fingerprint density at radius 1 is 1.48 bits per heavy atom. The van der Waals surface area contributed by atoms with Crippen LogP contribution in [0.2, 0.25) is 0 Å². The monoisotopic (exact) mass is 327 g/mol. The number of thiazole rings is 1. The fourth-order valence-electron chi connectivity index (χ4n) is 1.81. The molecule has 0 aliphatic rings. The number of methoxy groups -OCH3 is 1. The van der Waals surface area contributed by atoms with Gasteiger partial charge in [0.1, 0.15) is 16.5 Å². The van der Waals surface area contributed by atoms with E-state index in [9.17, 15) is 4.79 Å². The van der Waals surface area contributed by atoms with Crippen LogP contribution in [0.1, 0.15) is 21.1 Å². The maximum atomic E-state index is 12.2. The van der Waals surface area contributed by atoms with Gasteiger partial charge in [0.15, 0.2) is 0 Å². The standard InChI is InChI=1S/C14H17N3O2S.ClH/c1-17(8-10-4-3-5-11(6-10)19-2)14(18)12-9-20-13(7-15)16-12;/h3-6,9H,7-8,15H2,1-2H3;1H. The molecule has 0 spiro atoms. The van der Waals surface area contributed by atoms with Gasteiger partial charge in [-0.05, 0) is 17.7 Å². The average molecular weight is 328 g/mol. The lowest BCUT2D eigenvalue weighted by molar-refractivity contribution is 0.0780. The second-order valence-electron chi connectivity index (χ2n) is 4.34. The van der Waals surface area contributed by atoms with E-state index < -0.39 is 0 Å². The number of carbonyl (C=O) groups is 1. The molecule has 114 valence electrons. The predicted molar refractivity (Wildman–Crippen MR) is 86.0 cm³/mol. The summed E-state index contributed by atoms with van der Waals surface area (Å²) in [7, 11) is 3.38. The van der Waals surface area contributed by atoms with Crippen LogP contribution in [0.5, 0.6) is 5.75 Å². The van der Waals surface area contributed by atoms with Crippen LogP contribution < -0.4 is 10.5 Å². The summed E-state index contributed by atoms with van der Waals surface area (Å²) in [6.07, 6.45) is 0. The quantitative estimate of drug-likeness (QED) is 0.915. The van der Waals surface area contributed by atoms with Crippen LogP contribution in [0.15, 0.2) is 29.6 Å². The van der Waals surface area contributed by atoms with E-state index in [-0.39, 0.29) is 18.3 Å². The van der Waals surface area contributed by atoms with Crippen molar-refractivity contribution in [1.29, 1.82) is 0 Å². The lowest BCUT2D eigenvalue weighted by Crippen LogP contribution is -2.26.